The third kappa shape index (κ3) is 4.47. The third-order valence-electron chi connectivity index (χ3n) is 4.22. The molecule has 0 fully saturated rings. The van der Waals surface area contributed by atoms with Crippen LogP contribution in [0.15, 0.2) is 70.7 Å². The second-order valence-corrected chi connectivity index (χ2v) is 7.64. The summed E-state index contributed by atoms with van der Waals surface area (Å²) in [5.41, 5.74) is 1.11. The second kappa shape index (κ2) is 8.22. The van der Waals surface area contributed by atoms with Crippen molar-refractivity contribution in [1.29, 1.82) is 0 Å². The van der Waals surface area contributed by atoms with Crippen LogP contribution in [0.25, 0.3) is 0 Å². The minimum Gasteiger partial charge on any atom is -0.313 e. The van der Waals surface area contributed by atoms with Crippen LogP contribution in [0.5, 0.6) is 0 Å². The van der Waals surface area contributed by atoms with Crippen molar-refractivity contribution in [3.63, 3.8) is 0 Å². The first-order valence-corrected chi connectivity index (χ1v) is 9.59. The van der Waals surface area contributed by atoms with Gasteiger partial charge in [-0.3, -0.25) is 0 Å². The number of aromatic nitrogens is 2. The molecule has 0 aliphatic heterocycles. The van der Waals surface area contributed by atoms with Crippen LogP contribution in [0.4, 0.5) is 24.8 Å². The number of hydrogen-bond acceptors (Lipinski definition) is 4. The minimum absolute atomic E-state index is 0.113. The van der Waals surface area contributed by atoms with Gasteiger partial charge in [0.2, 0.25) is 5.95 Å². The normalized spacial score (nSPS) is 11.7. The maximum Gasteiger partial charge on any atom is 0.420 e. The molecule has 3 nitrogen and oxygen atoms in total. The Balaban J connectivity index is 2.04. The fraction of sp³-hybridized carbons (Fsp3) is 0.238. The Kier molecular flexibility index (Phi) is 5.93. The van der Waals surface area contributed by atoms with Crippen molar-refractivity contribution in [2.45, 2.75) is 35.9 Å². The molecule has 0 amide bonds. The standard InChI is InChI=1S/C21H20F3N3S/c1-14(2)16-11-7-8-12-18(16)27(3)20-25-13-17(21(22,23)24)19(26-20)28-15-9-5-4-6-10-15/h4-14H,1-3H3. The van der Waals surface area contributed by atoms with E-state index >= 15 is 0 Å². The summed E-state index contributed by atoms with van der Waals surface area (Å²) in [6.45, 7) is 4.13. The molecule has 3 aromatic rings. The van der Waals surface area contributed by atoms with Crippen LogP contribution in [0, 0.1) is 0 Å². The molecule has 0 aliphatic carbocycles. The first-order chi connectivity index (χ1) is 13.3. The average Bonchev–Trinajstić information content (AvgIpc) is 2.67. The molecule has 0 saturated carbocycles. The third-order valence-corrected chi connectivity index (χ3v) is 5.24. The summed E-state index contributed by atoms with van der Waals surface area (Å²) in [6, 6.07) is 16.6. The molecule has 0 unspecified atom stereocenters. The van der Waals surface area contributed by atoms with Gasteiger partial charge in [-0.2, -0.15) is 13.2 Å². The highest BCUT2D eigenvalue weighted by Crippen LogP contribution is 2.39. The van der Waals surface area contributed by atoms with Gasteiger partial charge in [-0.1, -0.05) is 62.0 Å². The van der Waals surface area contributed by atoms with Gasteiger partial charge in [-0.25, -0.2) is 9.97 Å². The first-order valence-electron chi connectivity index (χ1n) is 8.77. The molecule has 28 heavy (non-hydrogen) atoms. The number of rotatable bonds is 5. The zero-order chi connectivity index (χ0) is 20.3. The van der Waals surface area contributed by atoms with Crippen LogP contribution in [0.3, 0.4) is 0 Å². The van der Waals surface area contributed by atoms with Crippen LogP contribution in [0.1, 0.15) is 30.9 Å². The van der Waals surface area contributed by atoms with Crippen molar-refractivity contribution in [2.75, 3.05) is 11.9 Å². The van der Waals surface area contributed by atoms with Gasteiger partial charge in [-0.05, 0) is 29.7 Å². The van der Waals surface area contributed by atoms with Crippen LogP contribution in [-0.2, 0) is 6.18 Å². The summed E-state index contributed by atoms with van der Waals surface area (Å²) in [5.74, 6) is 0.478. The van der Waals surface area contributed by atoms with Crippen LogP contribution in [0.2, 0.25) is 0 Å². The summed E-state index contributed by atoms with van der Waals surface area (Å²) < 4.78 is 40.4. The van der Waals surface area contributed by atoms with Gasteiger partial charge < -0.3 is 4.90 Å². The Morgan fingerprint density at radius 3 is 2.25 bits per heavy atom. The molecule has 0 radical (unpaired) electrons. The lowest BCUT2D eigenvalue weighted by atomic mass is 10.0. The molecular formula is C21H20F3N3S. The van der Waals surface area contributed by atoms with Gasteiger partial charge in [0.15, 0.2) is 0 Å². The second-order valence-electron chi connectivity index (χ2n) is 6.57. The molecule has 1 heterocycles. The van der Waals surface area contributed by atoms with E-state index in [-0.39, 0.29) is 16.9 Å². The molecule has 0 aliphatic rings. The molecule has 2 aromatic carbocycles. The van der Waals surface area contributed by atoms with E-state index in [0.29, 0.717) is 4.90 Å². The SMILES string of the molecule is CC(C)c1ccccc1N(C)c1ncc(C(F)(F)F)c(Sc2ccccc2)n1. The lowest BCUT2D eigenvalue weighted by Gasteiger charge is -2.23. The minimum atomic E-state index is -4.52. The number of hydrogen-bond donors (Lipinski definition) is 0. The molecule has 0 saturated heterocycles. The van der Waals surface area contributed by atoms with Gasteiger partial charge in [0.1, 0.15) is 10.6 Å². The van der Waals surface area contributed by atoms with E-state index in [4.69, 9.17) is 0 Å². The fourth-order valence-corrected chi connectivity index (χ4v) is 3.70. The molecule has 0 spiro atoms. The van der Waals surface area contributed by atoms with E-state index in [1.54, 1.807) is 36.2 Å². The molecule has 0 N–H and O–H groups in total. The van der Waals surface area contributed by atoms with Gasteiger partial charge >= 0.3 is 6.18 Å². The van der Waals surface area contributed by atoms with E-state index < -0.39 is 11.7 Å². The number of alkyl halides is 3. The highest BCUT2D eigenvalue weighted by molar-refractivity contribution is 7.99. The first kappa shape index (κ1) is 20.2. The van der Waals surface area contributed by atoms with Gasteiger partial charge in [0.05, 0.1) is 0 Å². The maximum absolute atomic E-state index is 13.5. The van der Waals surface area contributed by atoms with Crippen molar-refractivity contribution >= 4 is 23.4 Å². The van der Waals surface area contributed by atoms with Crippen molar-refractivity contribution in [3.05, 3.63) is 71.9 Å². The highest BCUT2D eigenvalue weighted by Gasteiger charge is 2.35. The van der Waals surface area contributed by atoms with Crippen LogP contribution >= 0.6 is 11.8 Å². The Hall–Kier alpha value is -2.54. The van der Waals surface area contributed by atoms with E-state index in [1.165, 1.54) is 0 Å². The Labute approximate surface area is 166 Å². The summed E-state index contributed by atoms with van der Waals surface area (Å²) in [4.78, 5) is 10.7. The number of para-hydroxylation sites is 1. The number of nitrogens with zero attached hydrogens (tertiary/aromatic N) is 3. The lowest BCUT2D eigenvalue weighted by molar-refractivity contribution is -0.140. The maximum atomic E-state index is 13.5. The topological polar surface area (TPSA) is 29.0 Å². The molecule has 146 valence electrons. The van der Waals surface area contributed by atoms with Crippen LogP contribution < -0.4 is 4.90 Å². The quantitative estimate of drug-likeness (QED) is 0.453. The summed E-state index contributed by atoms with van der Waals surface area (Å²) >= 11 is 0.981. The van der Waals surface area contributed by atoms with E-state index in [2.05, 4.69) is 23.8 Å². The van der Waals surface area contributed by atoms with Crippen molar-refractivity contribution in [3.8, 4) is 0 Å². The molecular weight excluding hydrogens is 383 g/mol. The van der Waals surface area contributed by atoms with Gasteiger partial charge in [0, 0.05) is 23.8 Å². The zero-order valence-electron chi connectivity index (χ0n) is 15.7. The number of anilines is 2. The van der Waals surface area contributed by atoms with Crippen molar-refractivity contribution in [2.24, 2.45) is 0 Å². The Morgan fingerprint density at radius 1 is 0.964 bits per heavy atom. The predicted molar refractivity (Wildman–Crippen MR) is 106 cm³/mol. The van der Waals surface area contributed by atoms with Crippen LogP contribution in [-0.4, -0.2) is 17.0 Å². The fourth-order valence-electron chi connectivity index (χ4n) is 2.78. The van der Waals surface area contributed by atoms with Gasteiger partial charge in [-0.15, -0.1) is 0 Å². The molecule has 1 aromatic heterocycles. The number of halogens is 3. The van der Waals surface area contributed by atoms with Crippen molar-refractivity contribution < 1.29 is 13.2 Å². The largest absolute Gasteiger partial charge is 0.420 e. The smallest absolute Gasteiger partial charge is 0.313 e. The summed E-state index contributed by atoms with van der Waals surface area (Å²) in [5, 5.41) is -0.113. The van der Waals surface area contributed by atoms with E-state index in [1.807, 2.05) is 30.3 Å². The molecule has 0 bridgehead atoms. The van der Waals surface area contributed by atoms with E-state index in [0.717, 1.165) is 29.2 Å². The number of benzene rings is 2. The lowest BCUT2D eigenvalue weighted by Crippen LogP contribution is -2.17. The van der Waals surface area contributed by atoms with Gasteiger partial charge in [0.25, 0.3) is 0 Å². The zero-order valence-corrected chi connectivity index (χ0v) is 16.6. The summed E-state index contributed by atoms with van der Waals surface area (Å²) in [7, 11) is 1.76. The average molecular weight is 403 g/mol. The Bertz CT molecular complexity index is 943. The monoisotopic (exact) mass is 403 g/mol. The van der Waals surface area contributed by atoms with Crippen molar-refractivity contribution in [1.82, 2.24) is 9.97 Å². The molecule has 3 rings (SSSR count). The summed E-state index contributed by atoms with van der Waals surface area (Å²) in [6.07, 6.45) is -3.66. The predicted octanol–water partition coefficient (Wildman–Crippen LogP) is 6.54. The highest BCUT2D eigenvalue weighted by atomic mass is 32.2. The van der Waals surface area contributed by atoms with E-state index in [9.17, 15) is 13.2 Å². The molecule has 7 heteroatoms. The Morgan fingerprint density at radius 2 is 1.61 bits per heavy atom. The molecule has 0 atom stereocenters.